The van der Waals surface area contributed by atoms with Gasteiger partial charge in [0.25, 0.3) is 5.91 Å². The number of morpholine rings is 1. The smallest absolute Gasteiger partial charge is 0.281 e. The number of carbonyl (C=O) groups excluding carboxylic acids is 1. The molecule has 1 saturated heterocycles. The van der Waals surface area contributed by atoms with E-state index in [-0.39, 0.29) is 17.9 Å². The summed E-state index contributed by atoms with van der Waals surface area (Å²) in [5.74, 6) is -0.591. The van der Waals surface area contributed by atoms with Crippen LogP contribution in [0.5, 0.6) is 0 Å². The molecule has 0 spiro atoms. The molecular weight excluding hydrogens is 450 g/mol. The number of carbonyl (C=O) groups is 1. The van der Waals surface area contributed by atoms with E-state index in [0.29, 0.717) is 28.1 Å². The van der Waals surface area contributed by atoms with Crippen LogP contribution in [0.1, 0.15) is 35.7 Å². The van der Waals surface area contributed by atoms with Gasteiger partial charge in [-0.3, -0.25) is 19.8 Å². The number of halogens is 1. The first-order valence-electron chi connectivity index (χ1n) is 10.3. The highest BCUT2D eigenvalue weighted by Gasteiger charge is 2.23. The van der Waals surface area contributed by atoms with E-state index in [1.165, 1.54) is 17.4 Å². The Bertz CT molecular complexity index is 1170. The quantitative estimate of drug-likeness (QED) is 0.610. The molecule has 168 valence electrons. The van der Waals surface area contributed by atoms with E-state index in [1.54, 1.807) is 35.9 Å². The summed E-state index contributed by atoms with van der Waals surface area (Å²) in [6.45, 7) is 8.21. The van der Waals surface area contributed by atoms with Crippen LogP contribution in [0.4, 0.5) is 5.13 Å². The van der Waals surface area contributed by atoms with Crippen LogP contribution in [0.2, 0.25) is 5.02 Å². The van der Waals surface area contributed by atoms with Gasteiger partial charge in [-0.2, -0.15) is 5.10 Å². The van der Waals surface area contributed by atoms with Gasteiger partial charge in [0, 0.05) is 41.8 Å². The number of nitrogens with one attached hydrogen (secondary N) is 1. The van der Waals surface area contributed by atoms with E-state index in [9.17, 15) is 9.59 Å². The van der Waals surface area contributed by atoms with Gasteiger partial charge in [0.05, 0.1) is 23.6 Å². The molecule has 2 aromatic heterocycles. The number of hydrogen-bond donors (Lipinski definition) is 1. The lowest BCUT2D eigenvalue weighted by molar-refractivity contribution is -0.0707. The maximum atomic E-state index is 12.8. The number of hydrogen-bond acceptors (Lipinski definition) is 7. The first-order chi connectivity index (χ1) is 15.3. The Morgan fingerprint density at radius 2 is 1.94 bits per heavy atom. The number of aryl methyl sites for hydroxylation is 1. The standard InChI is InChI=1S/C22H24ClN5O3S/c1-13-8-19(29)20(26-28(13)18-6-4-16(23)5-7-18)21(30)25-22-24-17(12-32-22)11-27-9-14(2)31-15(3)10-27/h4-8,12,14-15H,9-11H2,1-3H3,(H,24,25,30)/t14-,15-/m0/s1. The molecule has 1 aliphatic heterocycles. The summed E-state index contributed by atoms with van der Waals surface area (Å²) in [7, 11) is 0. The van der Waals surface area contributed by atoms with E-state index in [1.807, 2.05) is 5.38 Å². The lowest BCUT2D eigenvalue weighted by atomic mass is 10.2. The second-order valence-corrected chi connectivity index (χ2v) is 9.23. The molecule has 32 heavy (non-hydrogen) atoms. The van der Waals surface area contributed by atoms with Crippen LogP contribution in [0, 0.1) is 6.92 Å². The topological polar surface area (TPSA) is 89.3 Å². The van der Waals surface area contributed by atoms with Crippen LogP contribution in [0.3, 0.4) is 0 Å². The fraction of sp³-hybridized carbons (Fsp3) is 0.364. The third-order valence-corrected chi connectivity index (χ3v) is 6.11. The molecule has 10 heteroatoms. The average molecular weight is 474 g/mol. The van der Waals surface area contributed by atoms with Crippen LogP contribution in [0.15, 0.2) is 40.5 Å². The lowest BCUT2D eigenvalue weighted by Crippen LogP contribution is -2.44. The lowest BCUT2D eigenvalue weighted by Gasteiger charge is -2.34. The van der Waals surface area contributed by atoms with E-state index >= 15 is 0 Å². The highest BCUT2D eigenvalue weighted by molar-refractivity contribution is 7.13. The molecule has 1 aromatic carbocycles. The summed E-state index contributed by atoms with van der Waals surface area (Å²) < 4.78 is 7.31. The number of rotatable bonds is 5. The van der Waals surface area contributed by atoms with Crippen LogP contribution in [-0.4, -0.2) is 50.9 Å². The van der Waals surface area contributed by atoms with E-state index in [0.717, 1.165) is 18.8 Å². The fourth-order valence-electron chi connectivity index (χ4n) is 3.78. The Morgan fingerprint density at radius 1 is 1.25 bits per heavy atom. The summed E-state index contributed by atoms with van der Waals surface area (Å²) in [6, 6.07) is 8.39. The molecule has 0 radical (unpaired) electrons. The van der Waals surface area contributed by atoms with Crippen molar-refractivity contribution in [3.05, 3.63) is 68.0 Å². The van der Waals surface area contributed by atoms with Crippen molar-refractivity contribution in [1.29, 1.82) is 0 Å². The highest BCUT2D eigenvalue weighted by atomic mass is 35.5. The number of ether oxygens (including phenoxy) is 1. The summed E-state index contributed by atoms with van der Waals surface area (Å²) in [4.78, 5) is 32.0. The minimum absolute atomic E-state index is 0.173. The zero-order valence-corrected chi connectivity index (χ0v) is 19.6. The predicted octanol–water partition coefficient (Wildman–Crippen LogP) is 3.51. The van der Waals surface area contributed by atoms with Gasteiger partial charge in [-0.15, -0.1) is 11.3 Å². The van der Waals surface area contributed by atoms with Crippen molar-refractivity contribution in [2.45, 2.75) is 39.5 Å². The van der Waals surface area contributed by atoms with E-state index in [4.69, 9.17) is 16.3 Å². The molecular formula is C22H24ClN5O3S. The van der Waals surface area contributed by atoms with Crippen molar-refractivity contribution in [2.24, 2.45) is 0 Å². The number of aromatic nitrogens is 3. The SMILES string of the molecule is Cc1cc(=O)c(C(=O)Nc2nc(CN3C[C@H](C)O[C@@H](C)C3)cs2)nn1-c1ccc(Cl)cc1. The number of anilines is 1. The molecule has 0 unspecified atom stereocenters. The Balaban J connectivity index is 1.49. The molecule has 1 aliphatic rings. The van der Waals surface area contributed by atoms with E-state index < -0.39 is 11.3 Å². The van der Waals surface area contributed by atoms with E-state index in [2.05, 4.69) is 34.1 Å². The zero-order valence-electron chi connectivity index (χ0n) is 18.0. The molecule has 1 amide bonds. The summed E-state index contributed by atoms with van der Waals surface area (Å²) >= 11 is 7.28. The Labute approximate surface area is 194 Å². The average Bonchev–Trinajstić information content (AvgIpc) is 3.14. The molecule has 1 N–H and O–H groups in total. The molecule has 2 atom stereocenters. The van der Waals surface area contributed by atoms with Crippen LogP contribution in [-0.2, 0) is 11.3 Å². The van der Waals surface area contributed by atoms with Crippen molar-refractivity contribution >= 4 is 34.0 Å². The molecule has 0 aliphatic carbocycles. The molecule has 8 nitrogen and oxygen atoms in total. The third kappa shape index (κ3) is 5.24. The van der Waals surface area contributed by atoms with Gasteiger partial charge in [0.1, 0.15) is 0 Å². The number of amides is 1. The minimum Gasteiger partial charge on any atom is -0.373 e. The molecule has 3 aromatic rings. The highest BCUT2D eigenvalue weighted by Crippen LogP contribution is 2.20. The summed E-state index contributed by atoms with van der Waals surface area (Å²) in [5.41, 5.74) is 1.53. The Morgan fingerprint density at radius 3 is 2.62 bits per heavy atom. The summed E-state index contributed by atoms with van der Waals surface area (Å²) in [5, 5.41) is 9.93. The van der Waals surface area contributed by atoms with Crippen LogP contribution < -0.4 is 10.7 Å². The number of benzene rings is 1. The van der Waals surface area contributed by atoms with Crippen molar-refractivity contribution in [1.82, 2.24) is 19.7 Å². The monoisotopic (exact) mass is 473 g/mol. The largest absolute Gasteiger partial charge is 0.373 e. The number of nitrogens with zero attached hydrogens (tertiary/aromatic N) is 4. The van der Waals surface area contributed by atoms with Gasteiger partial charge in [0.15, 0.2) is 10.8 Å². The maximum absolute atomic E-state index is 12.8. The first kappa shape index (κ1) is 22.6. The summed E-state index contributed by atoms with van der Waals surface area (Å²) in [6.07, 6.45) is 0.346. The fourth-order valence-corrected chi connectivity index (χ4v) is 4.61. The Kier molecular flexibility index (Phi) is 6.71. The van der Waals surface area contributed by atoms with Crippen LogP contribution in [0.25, 0.3) is 5.69 Å². The molecule has 1 fully saturated rings. The molecule has 4 rings (SSSR count). The normalized spacial score (nSPS) is 19.1. The van der Waals surface area contributed by atoms with Gasteiger partial charge in [-0.05, 0) is 45.0 Å². The van der Waals surface area contributed by atoms with Gasteiger partial charge in [-0.25, -0.2) is 9.67 Å². The molecule has 0 saturated carbocycles. The number of thiazole rings is 1. The first-order valence-corrected chi connectivity index (χ1v) is 11.5. The van der Waals surface area contributed by atoms with Gasteiger partial charge < -0.3 is 4.74 Å². The van der Waals surface area contributed by atoms with Gasteiger partial charge >= 0.3 is 0 Å². The Hall–Kier alpha value is -2.59. The van der Waals surface area contributed by atoms with Gasteiger partial charge in [0.2, 0.25) is 5.43 Å². The van der Waals surface area contributed by atoms with Crippen molar-refractivity contribution in [3.63, 3.8) is 0 Å². The zero-order chi connectivity index (χ0) is 22.8. The second-order valence-electron chi connectivity index (χ2n) is 7.94. The minimum atomic E-state index is -0.591. The van der Waals surface area contributed by atoms with Crippen LogP contribution >= 0.6 is 22.9 Å². The van der Waals surface area contributed by atoms with Crippen molar-refractivity contribution in [3.8, 4) is 5.69 Å². The van der Waals surface area contributed by atoms with Crippen molar-refractivity contribution < 1.29 is 9.53 Å². The van der Waals surface area contributed by atoms with Crippen molar-refractivity contribution in [2.75, 3.05) is 18.4 Å². The predicted molar refractivity (Wildman–Crippen MR) is 125 cm³/mol. The van der Waals surface area contributed by atoms with Gasteiger partial charge in [-0.1, -0.05) is 11.6 Å². The second kappa shape index (κ2) is 9.50. The maximum Gasteiger partial charge on any atom is 0.281 e. The molecule has 3 heterocycles. The molecule has 0 bridgehead atoms. The third-order valence-electron chi connectivity index (χ3n) is 5.05.